The van der Waals surface area contributed by atoms with Crippen LogP contribution in [0.5, 0.6) is 5.75 Å². The van der Waals surface area contributed by atoms with Gasteiger partial charge in [0.2, 0.25) is 15.0 Å². The molecule has 2 aromatic heterocycles. The van der Waals surface area contributed by atoms with Crippen LogP contribution in [0.25, 0.3) is 10.9 Å². The summed E-state index contributed by atoms with van der Waals surface area (Å²) in [6, 6.07) is 16.2. The first-order valence-corrected chi connectivity index (χ1v) is 12.4. The van der Waals surface area contributed by atoms with Gasteiger partial charge in [0.15, 0.2) is 0 Å². The zero-order valence-corrected chi connectivity index (χ0v) is 18.6. The van der Waals surface area contributed by atoms with Gasteiger partial charge in [-0.05, 0) is 29.3 Å². The van der Waals surface area contributed by atoms with Crippen LogP contribution in [0.2, 0.25) is 0 Å². The minimum Gasteiger partial charge on any atom is -0.489 e. The van der Waals surface area contributed by atoms with E-state index in [9.17, 15) is 8.42 Å². The lowest BCUT2D eigenvalue weighted by Gasteiger charge is -2.27. The molecule has 0 spiro atoms. The second-order valence-electron chi connectivity index (χ2n) is 8.15. The molecule has 0 saturated heterocycles. The Bertz CT molecular complexity index is 1370. The lowest BCUT2D eigenvalue weighted by Crippen LogP contribution is -2.31. The predicted molar refractivity (Wildman–Crippen MR) is 122 cm³/mol. The molecule has 32 heavy (non-hydrogen) atoms. The summed E-state index contributed by atoms with van der Waals surface area (Å²) in [6.07, 6.45) is 5.53. The number of H-pyrrole nitrogens is 1. The van der Waals surface area contributed by atoms with Crippen molar-refractivity contribution in [1.29, 1.82) is 0 Å². The first-order chi connectivity index (χ1) is 15.5. The molecular weight excluding hydrogens is 424 g/mol. The maximum atomic E-state index is 11.7. The second kappa shape index (κ2) is 8.37. The van der Waals surface area contributed by atoms with Crippen molar-refractivity contribution < 1.29 is 13.2 Å². The van der Waals surface area contributed by atoms with Crippen molar-refractivity contribution in [2.45, 2.75) is 31.3 Å². The zero-order valence-electron chi connectivity index (χ0n) is 17.8. The molecule has 4 aromatic rings. The highest BCUT2D eigenvalue weighted by atomic mass is 32.2. The summed E-state index contributed by atoms with van der Waals surface area (Å²) in [7, 11) is -3.39. The van der Waals surface area contributed by atoms with Crippen LogP contribution in [0.3, 0.4) is 0 Å². The average Bonchev–Trinajstić information content (AvgIpc) is 3.19. The number of hydrogen-bond acceptors (Lipinski definition) is 6. The molecule has 164 valence electrons. The second-order valence-corrected chi connectivity index (χ2v) is 10.1. The molecule has 3 heterocycles. The third-order valence-electron chi connectivity index (χ3n) is 5.70. The molecule has 0 saturated carbocycles. The van der Waals surface area contributed by atoms with E-state index in [1.54, 1.807) is 6.20 Å². The van der Waals surface area contributed by atoms with E-state index in [-0.39, 0.29) is 5.16 Å². The smallest absolute Gasteiger partial charge is 0.246 e. The first-order valence-electron chi connectivity index (χ1n) is 10.5. The van der Waals surface area contributed by atoms with Gasteiger partial charge in [-0.25, -0.2) is 18.4 Å². The fourth-order valence-corrected chi connectivity index (χ4v) is 4.55. The molecule has 5 rings (SSSR count). The SMILES string of the molecule is CS(=O)(=O)c1ncc2c(n1)CCN(Cc1c[nH]c3ccc(OCc4ccccc4)cc13)C2. The topological polar surface area (TPSA) is 88.2 Å². The molecule has 0 bridgehead atoms. The van der Waals surface area contributed by atoms with Gasteiger partial charge in [-0.3, -0.25) is 4.90 Å². The van der Waals surface area contributed by atoms with E-state index in [4.69, 9.17) is 4.74 Å². The number of ether oxygens (including phenoxy) is 1. The van der Waals surface area contributed by atoms with Crippen LogP contribution in [0, 0.1) is 0 Å². The van der Waals surface area contributed by atoms with Crippen LogP contribution in [0.1, 0.15) is 22.4 Å². The minimum absolute atomic E-state index is 0.0932. The number of benzene rings is 2. The third kappa shape index (κ3) is 4.37. The summed E-state index contributed by atoms with van der Waals surface area (Å²) < 4.78 is 29.5. The molecule has 0 aliphatic carbocycles. The highest BCUT2D eigenvalue weighted by Crippen LogP contribution is 2.27. The quantitative estimate of drug-likeness (QED) is 0.454. The van der Waals surface area contributed by atoms with Gasteiger partial charge in [-0.15, -0.1) is 0 Å². The summed E-state index contributed by atoms with van der Waals surface area (Å²) in [4.78, 5) is 14.0. The van der Waals surface area contributed by atoms with Crippen LogP contribution in [-0.2, 0) is 36.0 Å². The molecule has 2 aromatic carbocycles. The molecule has 1 aliphatic heterocycles. The van der Waals surface area contributed by atoms with E-state index >= 15 is 0 Å². The molecule has 0 amide bonds. The maximum absolute atomic E-state index is 11.7. The summed E-state index contributed by atoms with van der Waals surface area (Å²) in [6.45, 7) is 2.81. The molecule has 7 nitrogen and oxygen atoms in total. The number of sulfone groups is 1. The van der Waals surface area contributed by atoms with Crippen molar-refractivity contribution in [1.82, 2.24) is 19.9 Å². The van der Waals surface area contributed by atoms with Crippen LogP contribution in [0.15, 0.2) is 66.1 Å². The molecule has 0 unspecified atom stereocenters. The van der Waals surface area contributed by atoms with Crippen molar-refractivity contribution in [3.8, 4) is 5.75 Å². The van der Waals surface area contributed by atoms with Crippen molar-refractivity contribution >= 4 is 20.7 Å². The van der Waals surface area contributed by atoms with E-state index in [2.05, 4.69) is 38.1 Å². The average molecular weight is 449 g/mol. The van der Waals surface area contributed by atoms with Crippen molar-refractivity contribution in [3.63, 3.8) is 0 Å². The Morgan fingerprint density at radius 3 is 2.81 bits per heavy atom. The number of nitrogens with one attached hydrogen (secondary N) is 1. The fraction of sp³-hybridized carbons (Fsp3) is 0.250. The monoisotopic (exact) mass is 448 g/mol. The molecule has 8 heteroatoms. The number of aromatic nitrogens is 3. The number of nitrogens with zero attached hydrogens (tertiary/aromatic N) is 3. The minimum atomic E-state index is -3.39. The van der Waals surface area contributed by atoms with Crippen molar-refractivity contribution in [2.75, 3.05) is 12.8 Å². The fourth-order valence-electron chi connectivity index (χ4n) is 4.03. The number of aromatic amines is 1. The van der Waals surface area contributed by atoms with E-state index in [0.717, 1.165) is 52.8 Å². The van der Waals surface area contributed by atoms with Crippen LogP contribution < -0.4 is 4.74 Å². The number of hydrogen-bond donors (Lipinski definition) is 1. The van der Waals surface area contributed by atoms with Gasteiger partial charge in [-0.1, -0.05) is 30.3 Å². The van der Waals surface area contributed by atoms with E-state index in [0.29, 0.717) is 19.6 Å². The van der Waals surface area contributed by atoms with Crippen LogP contribution in [0.4, 0.5) is 0 Å². The van der Waals surface area contributed by atoms with Crippen LogP contribution in [-0.4, -0.2) is 41.1 Å². The Hall–Kier alpha value is -3.23. The Balaban J connectivity index is 1.31. The molecule has 1 aliphatic rings. The highest BCUT2D eigenvalue weighted by molar-refractivity contribution is 7.90. The van der Waals surface area contributed by atoms with Gasteiger partial charge in [-0.2, -0.15) is 0 Å². The van der Waals surface area contributed by atoms with E-state index in [1.807, 2.05) is 36.5 Å². The van der Waals surface area contributed by atoms with Crippen LogP contribution >= 0.6 is 0 Å². The zero-order chi connectivity index (χ0) is 22.1. The van der Waals surface area contributed by atoms with E-state index < -0.39 is 9.84 Å². The molecule has 1 N–H and O–H groups in total. The lowest BCUT2D eigenvalue weighted by molar-refractivity contribution is 0.243. The number of rotatable bonds is 6. The molecule has 0 atom stereocenters. The summed E-state index contributed by atoms with van der Waals surface area (Å²) in [5.41, 5.74) is 5.21. The van der Waals surface area contributed by atoms with Crippen molar-refractivity contribution in [2.24, 2.45) is 0 Å². The Morgan fingerprint density at radius 1 is 1.16 bits per heavy atom. The molecular formula is C24H24N4O3S. The third-order valence-corrected chi connectivity index (χ3v) is 6.56. The Morgan fingerprint density at radius 2 is 2.00 bits per heavy atom. The summed E-state index contributed by atoms with van der Waals surface area (Å²) in [5.74, 6) is 0.841. The normalized spacial score (nSPS) is 14.4. The van der Waals surface area contributed by atoms with Crippen molar-refractivity contribution in [3.05, 3.63) is 83.3 Å². The van der Waals surface area contributed by atoms with Gasteiger partial charge in [0.05, 0.1) is 5.69 Å². The van der Waals surface area contributed by atoms with Gasteiger partial charge in [0.25, 0.3) is 0 Å². The summed E-state index contributed by atoms with van der Waals surface area (Å²) in [5, 5.41) is 1.05. The standard InChI is InChI=1S/C24H24N4O3S/c1-32(29,30)24-26-13-19-15-28(10-9-22(19)27-24)14-18-12-25-23-8-7-20(11-21(18)23)31-16-17-5-3-2-4-6-17/h2-8,11-13,25H,9-10,14-16H2,1H3. The van der Waals surface area contributed by atoms with Gasteiger partial charge < -0.3 is 9.72 Å². The lowest BCUT2D eigenvalue weighted by atomic mass is 10.1. The van der Waals surface area contributed by atoms with Gasteiger partial charge >= 0.3 is 0 Å². The highest BCUT2D eigenvalue weighted by Gasteiger charge is 2.22. The number of fused-ring (bicyclic) bond motifs is 2. The van der Waals surface area contributed by atoms with Gasteiger partial charge in [0, 0.05) is 61.2 Å². The molecule has 0 radical (unpaired) electrons. The van der Waals surface area contributed by atoms with E-state index in [1.165, 1.54) is 5.56 Å². The first kappa shape index (κ1) is 20.7. The Kier molecular flexibility index (Phi) is 5.40. The largest absolute Gasteiger partial charge is 0.489 e. The van der Waals surface area contributed by atoms with Gasteiger partial charge in [0.1, 0.15) is 12.4 Å². The molecule has 0 fully saturated rings. The predicted octanol–water partition coefficient (Wildman–Crippen LogP) is 3.50. The summed E-state index contributed by atoms with van der Waals surface area (Å²) >= 11 is 0. The Labute approximate surface area is 187 Å². The maximum Gasteiger partial charge on any atom is 0.246 e.